The van der Waals surface area contributed by atoms with E-state index in [1.165, 1.54) is 31.2 Å². The molecule has 0 spiro atoms. The van der Waals surface area contributed by atoms with Gasteiger partial charge in [0, 0.05) is 23.3 Å². The molecule has 1 heterocycles. The van der Waals surface area contributed by atoms with Crippen molar-refractivity contribution in [2.45, 2.75) is 45.6 Å². The van der Waals surface area contributed by atoms with Crippen molar-refractivity contribution in [2.75, 3.05) is 5.88 Å². The third-order valence-electron chi connectivity index (χ3n) is 4.81. The first kappa shape index (κ1) is 15.4. The molecule has 2 aromatic rings. The van der Waals surface area contributed by atoms with Gasteiger partial charge in [-0.2, -0.15) is 0 Å². The van der Waals surface area contributed by atoms with E-state index in [0.29, 0.717) is 5.88 Å². The van der Waals surface area contributed by atoms with Gasteiger partial charge in [-0.25, -0.2) is 4.98 Å². The van der Waals surface area contributed by atoms with Crippen molar-refractivity contribution in [1.82, 2.24) is 9.55 Å². The van der Waals surface area contributed by atoms with Gasteiger partial charge in [0.15, 0.2) is 0 Å². The van der Waals surface area contributed by atoms with Crippen LogP contribution in [-0.4, -0.2) is 15.4 Å². The van der Waals surface area contributed by atoms with E-state index in [0.717, 1.165) is 40.6 Å². The molecule has 1 saturated carbocycles. The highest BCUT2D eigenvalue weighted by atomic mass is 79.9. The van der Waals surface area contributed by atoms with Gasteiger partial charge in [0.05, 0.1) is 11.0 Å². The Morgan fingerprint density at radius 1 is 1.33 bits per heavy atom. The van der Waals surface area contributed by atoms with Gasteiger partial charge >= 0.3 is 0 Å². The smallest absolute Gasteiger partial charge is 0.111 e. The Morgan fingerprint density at radius 3 is 2.90 bits per heavy atom. The van der Waals surface area contributed by atoms with Crippen molar-refractivity contribution in [2.24, 2.45) is 11.8 Å². The Balaban J connectivity index is 1.97. The van der Waals surface area contributed by atoms with Gasteiger partial charge in [-0.3, -0.25) is 0 Å². The number of nitrogens with zero attached hydrogens (tertiary/aromatic N) is 2. The average molecular weight is 370 g/mol. The molecule has 0 N–H and O–H groups in total. The molecule has 2 nitrogen and oxygen atoms in total. The number of alkyl halides is 1. The van der Waals surface area contributed by atoms with Crippen molar-refractivity contribution in [3.63, 3.8) is 0 Å². The second kappa shape index (κ2) is 6.70. The fraction of sp³-hybridized carbons (Fsp3) is 0.588. The topological polar surface area (TPSA) is 17.8 Å². The summed E-state index contributed by atoms with van der Waals surface area (Å²) in [5.74, 6) is 3.34. The molecule has 1 aliphatic rings. The number of benzene rings is 1. The third-order valence-corrected chi connectivity index (χ3v) is 5.50. The van der Waals surface area contributed by atoms with Crippen LogP contribution < -0.4 is 0 Å². The lowest BCUT2D eigenvalue weighted by Crippen LogP contribution is -2.23. The zero-order chi connectivity index (χ0) is 14.8. The maximum atomic E-state index is 5.98. The van der Waals surface area contributed by atoms with Crippen LogP contribution in [0.15, 0.2) is 22.7 Å². The Hall–Kier alpha value is -0.540. The lowest BCUT2D eigenvalue weighted by atomic mass is 9.80. The first-order valence-corrected chi connectivity index (χ1v) is 9.22. The minimum atomic E-state index is 0.630. The normalized spacial score (nSPS) is 22.8. The minimum absolute atomic E-state index is 0.630. The van der Waals surface area contributed by atoms with Crippen LogP contribution in [0.25, 0.3) is 11.0 Å². The molecule has 3 rings (SSSR count). The van der Waals surface area contributed by atoms with E-state index in [1.54, 1.807) is 0 Å². The van der Waals surface area contributed by atoms with E-state index in [2.05, 4.69) is 45.6 Å². The van der Waals surface area contributed by atoms with Crippen LogP contribution in [0, 0.1) is 11.8 Å². The predicted molar refractivity (Wildman–Crippen MR) is 93.0 cm³/mol. The van der Waals surface area contributed by atoms with Crippen molar-refractivity contribution >= 4 is 38.6 Å². The van der Waals surface area contributed by atoms with E-state index in [9.17, 15) is 0 Å². The minimum Gasteiger partial charge on any atom is -0.328 e. The lowest BCUT2D eigenvalue weighted by Gasteiger charge is -2.29. The molecular weight excluding hydrogens is 348 g/mol. The summed E-state index contributed by atoms with van der Waals surface area (Å²) in [7, 11) is 0. The number of rotatable bonds is 4. The highest BCUT2D eigenvalue weighted by molar-refractivity contribution is 9.10. The molecule has 1 aliphatic carbocycles. The summed E-state index contributed by atoms with van der Waals surface area (Å²) >= 11 is 9.56. The summed E-state index contributed by atoms with van der Waals surface area (Å²) in [5.41, 5.74) is 2.32. The molecule has 0 saturated heterocycles. The number of halogens is 2. The first-order valence-electron chi connectivity index (χ1n) is 7.89. The van der Waals surface area contributed by atoms with E-state index in [1.807, 2.05) is 0 Å². The summed E-state index contributed by atoms with van der Waals surface area (Å²) in [4.78, 5) is 4.79. The quantitative estimate of drug-likeness (QED) is 0.659. The lowest BCUT2D eigenvalue weighted by molar-refractivity contribution is 0.229. The molecule has 1 aromatic carbocycles. The molecule has 1 aromatic heterocycles. The fourth-order valence-electron chi connectivity index (χ4n) is 3.52. The van der Waals surface area contributed by atoms with Crippen molar-refractivity contribution in [3.05, 3.63) is 28.5 Å². The van der Waals surface area contributed by atoms with Gasteiger partial charge in [-0.05, 0) is 36.5 Å². The van der Waals surface area contributed by atoms with Gasteiger partial charge in [0.25, 0.3) is 0 Å². The highest BCUT2D eigenvalue weighted by Crippen LogP contribution is 2.32. The predicted octanol–water partition coefficient (Wildman–Crippen LogP) is 5.41. The van der Waals surface area contributed by atoms with E-state index in [-0.39, 0.29) is 0 Å². The Morgan fingerprint density at radius 2 is 2.14 bits per heavy atom. The maximum Gasteiger partial charge on any atom is 0.111 e. The van der Waals surface area contributed by atoms with E-state index < -0.39 is 0 Å². The molecular formula is C17H22BrClN2. The zero-order valence-corrected chi connectivity index (χ0v) is 14.8. The van der Waals surface area contributed by atoms with Crippen LogP contribution in [-0.2, 0) is 13.0 Å². The fourth-order valence-corrected chi connectivity index (χ4v) is 4.04. The number of hydrogen-bond donors (Lipinski definition) is 0. The number of fused-ring (bicyclic) bond motifs is 1. The number of hydrogen-bond acceptors (Lipinski definition) is 1. The Bertz CT molecular complexity index is 623. The third kappa shape index (κ3) is 3.29. The number of aryl methyl sites for hydroxylation is 1. The van der Waals surface area contributed by atoms with Crippen LogP contribution in [0.5, 0.6) is 0 Å². The number of imidazole rings is 1. The Labute approximate surface area is 140 Å². The second-order valence-electron chi connectivity index (χ2n) is 6.23. The standard InChI is InChI=1S/C17H22BrClN2/c1-12-4-2-3-5-13(12)11-21-16-10-14(18)6-7-15(16)20-17(21)8-9-19/h6-7,10,12-13H,2-5,8-9,11H2,1H3. The van der Waals surface area contributed by atoms with Gasteiger partial charge in [0.1, 0.15) is 5.82 Å². The molecule has 2 atom stereocenters. The first-order chi connectivity index (χ1) is 10.2. The zero-order valence-electron chi connectivity index (χ0n) is 12.5. The molecule has 2 unspecified atom stereocenters. The summed E-state index contributed by atoms with van der Waals surface area (Å²) in [5, 5.41) is 0. The monoisotopic (exact) mass is 368 g/mol. The van der Waals surface area contributed by atoms with Crippen molar-refractivity contribution < 1.29 is 0 Å². The van der Waals surface area contributed by atoms with Crippen molar-refractivity contribution in [3.8, 4) is 0 Å². The van der Waals surface area contributed by atoms with Crippen molar-refractivity contribution in [1.29, 1.82) is 0 Å². The van der Waals surface area contributed by atoms with E-state index in [4.69, 9.17) is 16.6 Å². The SMILES string of the molecule is CC1CCCCC1Cn1c(CCCl)nc2ccc(Br)cc21. The molecule has 0 radical (unpaired) electrons. The summed E-state index contributed by atoms with van der Waals surface area (Å²) in [6.45, 7) is 3.49. The van der Waals surface area contributed by atoms with Gasteiger partial charge in [-0.15, -0.1) is 11.6 Å². The molecule has 21 heavy (non-hydrogen) atoms. The molecule has 0 amide bonds. The van der Waals surface area contributed by atoms with Crippen LogP contribution >= 0.6 is 27.5 Å². The van der Waals surface area contributed by atoms with Gasteiger partial charge in [0.2, 0.25) is 0 Å². The van der Waals surface area contributed by atoms with E-state index >= 15 is 0 Å². The second-order valence-corrected chi connectivity index (χ2v) is 7.53. The van der Waals surface area contributed by atoms with Gasteiger partial charge in [-0.1, -0.05) is 42.1 Å². The van der Waals surface area contributed by atoms with Crippen LogP contribution in [0.1, 0.15) is 38.4 Å². The van der Waals surface area contributed by atoms with Crippen LogP contribution in [0.2, 0.25) is 0 Å². The highest BCUT2D eigenvalue weighted by Gasteiger charge is 2.23. The molecule has 1 fully saturated rings. The average Bonchev–Trinajstić information content (AvgIpc) is 2.79. The summed E-state index contributed by atoms with van der Waals surface area (Å²) in [6.07, 6.45) is 6.31. The van der Waals surface area contributed by atoms with Gasteiger partial charge < -0.3 is 4.57 Å². The summed E-state index contributed by atoms with van der Waals surface area (Å²) in [6, 6.07) is 6.35. The van der Waals surface area contributed by atoms with Crippen LogP contribution in [0.3, 0.4) is 0 Å². The molecule has 0 aliphatic heterocycles. The molecule has 4 heteroatoms. The maximum absolute atomic E-state index is 5.98. The molecule has 114 valence electrons. The summed E-state index contributed by atoms with van der Waals surface area (Å²) < 4.78 is 3.53. The number of aromatic nitrogens is 2. The van der Waals surface area contributed by atoms with Crippen LogP contribution in [0.4, 0.5) is 0 Å². The molecule has 0 bridgehead atoms. The Kier molecular flexibility index (Phi) is 4.90. The largest absolute Gasteiger partial charge is 0.328 e.